The lowest BCUT2D eigenvalue weighted by Crippen LogP contribution is -2.04. The van der Waals surface area contributed by atoms with Gasteiger partial charge in [-0.1, -0.05) is 17.7 Å². The maximum absolute atomic E-state index is 5.98. The summed E-state index contributed by atoms with van der Waals surface area (Å²) in [6.45, 7) is 1.79. The summed E-state index contributed by atoms with van der Waals surface area (Å²) in [6, 6.07) is 12.8. The van der Waals surface area contributed by atoms with Gasteiger partial charge in [0.15, 0.2) is 0 Å². The first-order chi connectivity index (χ1) is 9.26. The second kappa shape index (κ2) is 5.37. The standard InChI is InChI=1S/C15H15ClN2S/c1-17-9-11-2-4-14-12(8-11)6-7-18(14)10-13-3-5-15(16)19-13/h2-8,17H,9-10H2,1H3. The zero-order valence-electron chi connectivity index (χ0n) is 10.7. The van der Waals surface area contributed by atoms with Crippen molar-refractivity contribution in [2.24, 2.45) is 0 Å². The quantitative estimate of drug-likeness (QED) is 0.765. The molecule has 0 amide bonds. The third-order valence-electron chi connectivity index (χ3n) is 3.17. The van der Waals surface area contributed by atoms with Crippen LogP contribution in [0.15, 0.2) is 42.6 Å². The first-order valence-electron chi connectivity index (χ1n) is 6.23. The summed E-state index contributed by atoms with van der Waals surface area (Å²) in [5, 5.41) is 4.47. The minimum Gasteiger partial charge on any atom is -0.342 e. The zero-order valence-corrected chi connectivity index (χ0v) is 12.3. The molecule has 0 atom stereocenters. The molecule has 0 bridgehead atoms. The first-order valence-corrected chi connectivity index (χ1v) is 7.42. The Kier molecular flexibility index (Phi) is 3.60. The van der Waals surface area contributed by atoms with Crippen LogP contribution in [0.1, 0.15) is 10.4 Å². The normalized spacial score (nSPS) is 11.3. The van der Waals surface area contributed by atoms with Crippen LogP contribution >= 0.6 is 22.9 Å². The van der Waals surface area contributed by atoms with E-state index in [1.54, 1.807) is 11.3 Å². The smallest absolute Gasteiger partial charge is 0.0931 e. The molecule has 0 aliphatic rings. The molecule has 0 aliphatic heterocycles. The van der Waals surface area contributed by atoms with Gasteiger partial charge < -0.3 is 9.88 Å². The highest BCUT2D eigenvalue weighted by Crippen LogP contribution is 2.24. The average molecular weight is 291 g/mol. The van der Waals surface area contributed by atoms with E-state index >= 15 is 0 Å². The number of hydrogen-bond acceptors (Lipinski definition) is 2. The molecule has 2 nitrogen and oxygen atoms in total. The third kappa shape index (κ3) is 2.68. The zero-order chi connectivity index (χ0) is 13.2. The van der Waals surface area contributed by atoms with Gasteiger partial charge in [0, 0.05) is 23.1 Å². The van der Waals surface area contributed by atoms with Crippen molar-refractivity contribution in [3.8, 4) is 0 Å². The van der Waals surface area contributed by atoms with E-state index in [-0.39, 0.29) is 0 Å². The number of hydrogen-bond donors (Lipinski definition) is 1. The number of fused-ring (bicyclic) bond motifs is 1. The first kappa shape index (κ1) is 12.7. The van der Waals surface area contributed by atoms with Gasteiger partial charge in [0.2, 0.25) is 0 Å². The number of nitrogens with zero attached hydrogens (tertiary/aromatic N) is 1. The molecular formula is C15H15ClN2S. The number of rotatable bonds is 4. The summed E-state index contributed by atoms with van der Waals surface area (Å²) in [4.78, 5) is 1.28. The van der Waals surface area contributed by atoms with E-state index in [0.717, 1.165) is 17.4 Å². The molecule has 0 saturated heterocycles. The molecule has 2 heterocycles. The van der Waals surface area contributed by atoms with E-state index < -0.39 is 0 Å². The molecule has 3 rings (SSSR count). The molecule has 0 unspecified atom stereocenters. The van der Waals surface area contributed by atoms with Crippen molar-refractivity contribution in [3.05, 3.63) is 57.4 Å². The van der Waals surface area contributed by atoms with Gasteiger partial charge in [-0.3, -0.25) is 0 Å². The number of nitrogens with one attached hydrogen (secondary N) is 1. The van der Waals surface area contributed by atoms with Crippen molar-refractivity contribution in [1.29, 1.82) is 0 Å². The SMILES string of the molecule is CNCc1ccc2c(ccn2Cc2ccc(Cl)s2)c1. The lowest BCUT2D eigenvalue weighted by molar-refractivity contribution is 0.818. The third-order valence-corrected chi connectivity index (χ3v) is 4.39. The molecule has 98 valence electrons. The van der Waals surface area contributed by atoms with Crippen LogP contribution in [0.5, 0.6) is 0 Å². The number of benzene rings is 1. The Morgan fingerprint density at radius 2 is 2.11 bits per heavy atom. The van der Waals surface area contributed by atoms with Crippen LogP contribution in [0.25, 0.3) is 10.9 Å². The van der Waals surface area contributed by atoms with Gasteiger partial charge in [-0.05, 0) is 48.3 Å². The Bertz CT molecular complexity index is 699. The highest BCUT2D eigenvalue weighted by Gasteiger charge is 2.04. The molecule has 3 aromatic rings. The maximum Gasteiger partial charge on any atom is 0.0931 e. The van der Waals surface area contributed by atoms with E-state index in [9.17, 15) is 0 Å². The lowest BCUT2D eigenvalue weighted by atomic mass is 10.1. The molecule has 0 radical (unpaired) electrons. The van der Waals surface area contributed by atoms with Crippen molar-refractivity contribution in [1.82, 2.24) is 9.88 Å². The molecule has 2 aromatic heterocycles. The van der Waals surface area contributed by atoms with Crippen molar-refractivity contribution in [2.45, 2.75) is 13.1 Å². The Hall–Kier alpha value is -1.29. The summed E-state index contributed by atoms with van der Waals surface area (Å²) in [6.07, 6.45) is 2.14. The molecule has 1 N–H and O–H groups in total. The van der Waals surface area contributed by atoms with Crippen molar-refractivity contribution in [2.75, 3.05) is 7.05 Å². The van der Waals surface area contributed by atoms with Gasteiger partial charge in [0.1, 0.15) is 0 Å². The van der Waals surface area contributed by atoms with Gasteiger partial charge in [-0.15, -0.1) is 11.3 Å². The summed E-state index contributed by atoms with van der Waals surface area (Å²) >= 11 is 7.62. The van der Waals surface area contributed by atoms with Gasteiger partial charge in [0.05, 0.1) is 10.9 Å². The van der Waals surface area contributed by atoms with Crippen LogP contribution in [0, 0.1) is 0 Å². The predicted molar refractivity (Wildman–Crippen MR) is 83.1 cm³/mol. The summed E-state index contributed by atoms with van der Waals surface area (Å²) in [5.41, 5.74) is 2.58. The fourth-order valence-corrected chi connectivity index (χ4v) is 3.39. The Balaban J connectivity index is 1.92. The second-order valence-electron chi connectivity index (χ2n) is 4.57. The van der Waals surface area contributed by atoms with Gasteiger partial charge in [0.25, 0.3) is 0 Å². The predicted octanol–water partition coefficient (Wildman–Crippen LogP) is 4.12. The van der Waals surface area contributed by atoms with E-state index in [1.165, 1.54) is 21.3 Å². The minimum atomic E-state index is 0.850. The van der Waals surface area contributed by atoms with Gasteiger partial charge in [-0.2, -0.15) is 0 Å². The van der Waals surface area contributed by atoms with Crippen molar-refractivity contribution >= 4 is 33.8 Å². The fourth-order valence-electron chi connectivity index (χ4n) is 2.31. The summed E-state index contributed by atoms with van der Waals surface area (Å²) in [7, 11) is 1.97. The summed E-state index contributed by atoms with van der Waals surface area (Å²) in [5.74, 6) is 0. The van der Waals surface area contributed by atoms with E-state index in [0.29, 0.717) is 0 Å². The van der Waals surface area contributed by atoms with Gasteiger partial charge in [-0.25, -0.2) is 0 Å². The van der Waals surface area contributed by atoms with Crippen LogP contribution in [0.2, 0.25) is 4.34 Å². The average Bonchev–Trinajstić information content (AvgIpc) is 2.97. The van der Waals surface area contributed by atoms with E-state index in [2.05, 4.69) is 46.4 Å². The lowest BCUT2D eigenvalue weighted by Gasteiger charge is -2.05. The number of halogens is 1. The highest BCUT2D eigenvalue weighted by atomic mass is 35.5. The molecule has 0 fully saturated rings. The maximum atomic E-state index is 5.98. The van der Waals surface area contributed by atoms with Crippen LogP contribution in [0.4, 0.5) is 0 Å². The van der Waals surface area contributed by atoms with Crippen LogP contribution in [-0.4, -0.2) is 11.6 Å². The molecule has 0 saturated carbocycles. The molecular weight excluding hydrogens is 276 g/mol. The van der Waals surface area contributed by atoms with Crippen LogP contribution < -0.4 is 5.32 Å². The highest BCUT2D eigenvalue weighted by molar-refractivity contribution is 7.16. The minimum absolute atomic E-state index is 0.850. The topological polar surface area (TPSA) is 17.0 Å². The fraction of sp³-hybridized carbons (Fsp3) is 0.200. The van der Waals surface area contributed by atoms with Crippen LogP contribution in [0.3, 0.4) is 0 Å². The number of thiophene rings is 1. The second-order valence-corrected chi connectivity index (χ2v) is 6.37. The number of aromatic nitrogens is 1. The molecule has 0 spiro atoms. The largest absolute Gasteiger partial charge is 0.342 e. The molecule has 0 aliphatic carbocycles. The molecule has 4 heteroatoms. The molecule has 1 aromatic carbocycles. The Morgan fingerprint density at radius 3 is 2.84 bits per heavy atom. The van der Waals surface area contributed by atoms with Crippen molar-refractivity contribution < 1.29 is 0 Å². The van der Waals surface area contributed by atoms with Crippen molar-refractivity contribution in [3.63, 3.8) is 0 Å². The van der Waals surface area contributed by atoms with E-state index in [4.69, 9.17) is 11.6 Å². The summed E-state index contributed by atoms with van der Waals surface area (Å²) < 4.78 is 3.11. The van der Waals surface area contributed by atoms with Gasteiger partial charge >= 0.3 is 0 Å². The Labute approximate surface area is 121 Å². The Morgan fingerprint density at radius 1 is 1.21 bits per heavy atom. The monoisotopic (exact) mass is 290 g/mol. The van der Waals surface area contributed by atoms with E-state index in [1.807, 2.05) is 13.1 Å². The van der Waals surface area contributed by atoms with Crippen LogP contribution in [-0.2, 0) is 13.1 Å². The molecule has 19 heavy (non-hydrogen) atoms.